The third kappa shape index (κ3) is 3.73. The standard InChI is InChI=1S/C34H34N2/c1-24-14-18-32(35(4)21-24)29-20-27(26-10-6-5-7-11-26)16-17-31(29)34(3)23-36-22-25(2)15-19-33(36)28-12-8-9-13-30(28)34/h5-21,32H,22-23H2,1-4H3. The first-order chi connectivity index (χ1) is 17.4. The van der Waals surface area contributed by atoms with Crippen LogP contribution in [0.1, 0.15) is 49.1 Å². The van der Waals surface area contributed by atoms with E-state index in [1.807, 2.05) is 0 Å². The third-order valence-electron chi connectivity index (χ3n) is 8.07. The summed E-state index contributed by atoms with van der Waals surface area (Å²) in [5.74, 6) is 0. The Bertz CT molecular complexity index is 1440. The Morgan fingerprint density at radius 2 is 1.61 bits per heavy atom. The fourth-order valence-corrected chi connectivity index (χ4v) is 6.32. The average Bonchev–Trinajstić information content (AvgIpc) is 2.89. The molecule has 6 rings (SSSR count). The molecule has 2 heteroatoms. The summed E-state index contributed by atoms with van der Waals surface area (Å²) in [5.41, 5.74) is 12.0. The molecule has 0 radical (unpaired) electrons. The molecule has 0 saturated heterocycles. The molecule has 0 N–H and O–H groups in total. The lowest BCUT2D eigenvalue weighted by Gasteiger charge is -2.47. The predicted octanol–water partition coefficient (Wildman–Crippen LogP) is 7.72. The van der Waals surface area contributed by atoms with Gasteiger partial charge in [-0.2, -0.15) is 0 Å². The molecule has 3 aromatic rings. The highest BCUT2D eigenvalue weighted by molar-refractivity contribution is 5.75. The van der Waals surface area contributed by atoms with E-state index in [0.29, 0.717) is 0 Å². The van der Waals surface area contributed by atoms with Gasteiger partial charge in [-0.3, -0.25) is 0 Å². The molecule has 0 aromatic heterocycles. The lowest BCUT2D eigenvalue weighted by molar-refractivity contribution is 0.322. The second-order valence-electron chi connectivity index (χ2n) is 10.8. The number of fused-ring (bicyclic) bond motifs is 3. The Labute approximate surface area is 215 Å². The van der Waals surface area contributed by atoms with Crippen LogP contribution in [0.3, 0.4) is 0 Å². The normalized spacial score (nSPS) is 22.9. The van der Waals surface area contributed by atoms with E-state index in [-0.39, 0.29) is 11.5 Å². The fraction of sp³-hybridized carbons (Fsp3) is 0.235. The number of nitrogens with zero attached hydrogens (tertiary/aromatic N) is 2. The summed E-state index contributed by atoms with van der Waals surface area (Å²) in [6.07, 6.45) is 11.5. The largest absolute Gasteiger partial charge is 0.370 e. The van der Waals surface area contributed by atoms with Gasteiger partial charge in [0.05, 0.1) is 6.04 Å². The summed E-state index contributed by atoms with van der Waals surface area (Å²) < 4.78 is 0. The van der Waals surface area contributed by atoms with Gasteiger partial charge in [0.2, 0.25) is 0 Å². The first-order valence-electron chi connectivity index (χ1n) is 12.9. The number of hydrogen-bond acceptors (Lipinski definition) is 2. The topological polar surface area (TPSA) is 6.48 Å². The molecule has 2 atom stereocenters. The molecule has 0 fully saturated rings. The molecule has 2 nitrogen and oxygen atoms in total. The van der Waals surface area contributed by atoms with Crippen molar-refractivity contribution in [1.82, 2.24) is 9.80 Å². The number of allylic oxidation sites excluding steroid dienone is 4. The van der Waals surface area contributed by atoms with Crippen LogP contribution in [0, 0.1) is 0 Å². The van der Waals surface area contributed by atoms with Crippen molar-refractivity contribution in [3.63, 3.8) is 0 Å². The second kappa shape index (κ2) is 8.71. The molecule has 2 unspecified atom stereocenters. The van der Waals surface area contributed by atoms with Crippen LogP contribution >= 0.6 is 0 Å². The van der Waals surface area contributed by atoms with Crippen molar-refractivity contribution in [2.24, 2.45) is 0 Å². The molecule has 3 aliphatic heterocycles. The van der Waals surface area contributed by atoms with Crippen molar-refractivity contribution >= 4 is 5.70 Å². The van der Waals surface area contributed by atoms with E-state index in [0.717, 1.165) is 13.1 Å². The maximum absolute atomic E-state index is 2.58. The number of hydrogen-bond donors (Lipinski definition) is 0. The van der Waals surface area contributed by atoms with E-state index in [1.165, 1.54) is 50.2 Å². The molecule has 3 aliphatic rings. The van der Waals surface area contributed by atoms with Crippen LogP contribution in [0.4, 0.5) is 0 Å². The van der Waals surface area contributed by atoms with Crippen LogP contribution in [-0.4, -0.2) is 29.9 Å². The van der Waals surface area contributed by atoms with E-state index >= 15 is 0 Å². The summed E-state index contributed by atoms with van der Waals surface area (Å²) in [7, 11) is 2.20. The molecule has 0 amide bonds. The zero-order chi connectivity index (χ0) is 24.9. The lowest BCUT2D eigenvalue weighted by Crippen LogP contribution is -2.45. The number of likely N-dealkylation sites (N-methyl/N-ethyl adjacent to an activating group) is 1. The fourth-order valence-electron chi connectivity index (χ4n) is 6.32. The van der Waals surface area contributed by atoms with Crippen LogP contribution in [0.15, 0.2) is 114 Å². The third-order valence-corrected chi connectivity index (χ3v) is 8.07. The maximum atomic E-state index is 2.58. The van der Waals surface area contributed by atoms with Gasteiger partial charge in [-0.05, 0) is 66.3 Å². The predicted molar refractivity (Wildman–Crippen MR) is 151 cm³/mol. The van der Waals surface area contributed by atoms with Crippen LogP contribution in [0.5, 0.6) is 0 Å². The van der Waals surface area contributed by atoms with Crippen molar-refractivity contribution in [2.75, 3.05) is 20.1 Å². The Hall–Kier alpha value is -3.78. The molecule has 3 heterocycles. The zero-order valence-corrected chi connectivity index (χ0v) is 21.7. The highest BCUT2D eigenvalue weighted by Gasteiger charge is 2.41. The molecule has 0 spiro atoms. The highest BCUT2D eigenvalue weighted by Crippen LogP contribution is 2.47. The summed E-state index contributed by atoms with van der Waals surface area (Å²) in [6, 6.07) is 27.1. The molecule has 3 aromatic carbocycles. The van der Waals surface area contributed by atoms with E-state index in [1.54, 1.807) is 0 Å². The van der Waals surface area contributed by atoms with E-state index < -0.39 is 0 Å². The van der Waals surface area contributed by atoms with Gasteiger partial charge < -0.3 is 9.80 Å². The minimum atomic E-state index is -0.138. The Morgan fingerprint density at radius 1 is 0.833 bits per heavy atom. The van der Waals surface area contributed by atoms with Crippen molar-refractivity contribution in [3.8, 4) is 11.1 Å². The van der Waals surface area contributed by atoms with Crippen molar-refractivity contribution in [2.45, 2.75) is 32.2 Å². The van der Waals surface area contributed by atoms with Crippen molar-refractivity contribution in [1.29, 1.82) is 0 Å². The summed E-state index contributed by atoms with van der Waals surface area (Å²) in [5, 5.41) is 0. The highest BCUT2D eigenvalue weighted by atomic mass is 15.2. The summed E-state index contributed by atoms with van der Waals surface area (Å²) >= 11 is 0. The molecule has 0 bridgehead atoms. The quantitative estimate of drug-likeness (QED) is 0.386. The van der Waals surface area contributed by atoms with E-state index in [9.17, 15) is 0 Å². The first-order valence-corrected chi connectivity index (χ1v) is 12.9. The average molecular weight is 471 g/mol. The van der Waals surface area contributed by atoms with Gasteiger partial charge in [-0.15, -0.1) is 0 Å². The Morgan fingerprint density at radius 3 is 2.42 bits per heavy atom. The first kappa shape index (κ1) is 22.7. The maximum Gasteiger partial charge on any atom is 0.0724 e. The lowest BCUT2D eigenvalue weighted by atomic mass is 9.68. The number of rotatable bonds is 3. The van der Waals surface area contributed by atoms with Gasteiger partial charge in [0, 0.05) is 43.0 Å². The monoisotopic (exact) mass is 470 g/mol. The molecule has 180 valence electrons. The van der Waals surface area contributed by atoms with Gasteiger partial charge in [0.1, 0.15) is 0 Å². The minimum Gasteiger partial charge on any atom is -0.370 e. The summed E-state index contributed by atoms with van der Waals surface area (Å²) in [6.45, 7) is 8.81. The Balaban J connectivity index is 1.56. The SMILES string of the molecule is CC1=CN(C)C(c2cc(-c3ccccc3)ccc2C2(C)CN3CC(C)=CC=C3c3ccccc32)C=C1. The molecular weight excluding hydrogens is 436 g/mol. The number of benzene rings is 3. The van der Waals surface area contributed by atoms with Crippen LogP contribution in [-0.2, 0) is 5.41 Å². The second-order valence-corrected chi connectivity index (χ2v) is 10.8. The smallest absolute Gasteiger partial charge is 0.0724 e. The van der Waals surface area contributed by atoms with Gasteiger partial charge >= 0.3 is 0 Å². The zero-order valence-electron chi connectivity index (χ0n) is 21.7. The Kier molecular flexibility index (Phi) is 5.48. The minimum absolute atomic E-state index is 0.138. The molecular formula is C34H34N2. The van der Waals surface area contributed by atoms with Gasteiger partial charge in [-0.25, -0.2) is 0 Å². The molecule has 0 aliphatic carbocycles. The van der Waals surface area contributed by atoms with Gasteiger partial charge in [0.25, 0.3) is 0 Å². The van der Waals surface area contributed by atoms with Gasteiger partial charge in [-0.1, -0.05) is 90.5 Å². The van der Waals surface area contributed by atoms with Crippen molar-refractivity contribution in [3.05, 3.63) is 137 Å². The van der Waals surface area contributed by atoms with E-state index in [2.05, 4.69) is 141 Å². The van der Waals surface area contributed by atoms with E-state index in [4.69, 9.17) is 0 Å². The van der Waals surface area contributed by atoms with Crippen LogP contribution in [0.25, 0.3) is 16.8 Å². The van der Waals surface area contributed by atoms with Crippen LogP contribution in [0.2, 0.25) is 0 Å². The van der Waals surface area contributed by atoms with Crippen molar-refractivity contribution < 1.29 is 0 Å². The van der Waals surface area contributed by atoms with Crippen LogP contribution < -0.4 is 0 Å². The molecule has 0 saturated carbocycles. The van der Waals surface area contributed by atoms with Gasteiger partial charge in [0.15, 0.2) is 0 Å². The molecule has 36 heavy (non-hydrogen) atoms. The summed E-state index contributed by atoms with van der Waals surface area (Å²) in [4.78, 5) is 4.94.